The van der Waals surface area contributed by atoms with E-state index < -0.39 is 0 Å². The summed E-state index contributed by atoms with van der Waals surface area (Å²) < 4.78 is 2.09. The van der Waals surface area contributed by atoms with Crippen molar-refractivity contribution in [1.29, 1.82) is 0 Å². The van der Waals surface area contributed by atoms with Crippen molar-refractivity contribution in [2.45, 2.75) is 27.7 Å². The lowest BCUT2D eigenvalue weighted by molar-refractivity contribution is 1.27. The van der Waals surface area contributed by atoms with Gasteiger partial charge in [0.2, 0.25) is 0 Å². The topological polar surface area (TPSA) is 6.48 Å². The minimum Gasteiger partial charge on any atom is -0.310 e. The second-order valence-electron chi connectivity index (χ2n) is 16.7. The van der Waals surface area contributed by atoms with Crippen LogP contribution in [0, 0.1) is 27.7 Å². The van der Waals surface area contributed by atoms with Gasteiger partial charge in [0.15, 0.2) is 0 Å². The van der Waals surface area contributed by atoms with Gasteiger partial charge in [-0.25, -0.2) is 0 Å². The van der Waals surface area contributed by atoms with Gasteiger partial charge in [-0.2, -0.15) is 0 Å². The molecule has 10 aromatic rings. The number of benzene rings is 10. The zero-order valence-corrected chi connectivity index (χ0v) is 39.5. The lowest BCUT2D eigenvalue weighted by atomic mass is 9.83. The summed E-state index contributed by atoms with van der Waals surface area (Å²) in [6.45, 7) is 8.81. The van der Waals surface area contributed by atoms with Gasteiger partial charge in [-0.05, 0) is 179 Å². The molecule has 0 heterocycles. The smallest absolute Gasteiger partial charge is 0.0472 e. The van der Waals surface area contributed by atoms with E-state index in [0.717, 1.165) is 43.1 Å². The Morgan fingerprint density at radius 3 is 0.969 bits per heavy atom. The molecule has 10 aromatic carbocycles. The van der Waals surface area contributed by atoms with Gasteiger partial charge in [0.05, 0.1) is 0 Å². The molecule has 0 amide bonds. The summed E-state index contributed by atoms with van der Waals surface area (Å²) in [5.74, 6) is 0. The summed E-state index contributed by atoms with van der Waals surface area (Å²) in [6.07, 6.45) is 0. The quantitative estimate of drug-likeness (QED) is 0.142. The minimum absolute atomic E-state index is 1.05. The summed E-state index contributed by atoms with van der Waals surface area (Å²) in [6, 6.07) is 75.2. The highest BCUT2D eigenvalue weighted by Crippen LogP contribution is 2.46. The van der Waals surface area contributed by atoms with Gasteiger partial charge in [0.1, 0.15) is 0 Å². The van der Waals surface area contributed by atoms with Crippen LogP contribution in [0.1, 0.15) is 22.3 Å². The van der Waals surface area contributed by atoms with Crippen LogP contribution in [-0.4, -0.2) is 0 Å². The first-order valence-electron chi connectivity index (χ1n) is 21.7. The van der Waals surface area contributed by atoms with Crippen LogP contribution in [0.5, 0.6) is 0 Å². The number of halogens is 2. The molecule has 0 N–H and O–H groups in total. The first-order chi connectivity index (χ1) is 31.2. The molecule has 0 spiro atoms. The minimum atomic E-state index is 1.05. The maximum atomic E-state index is 3.71. The predicted molar refractivity (Wildman–Crippen MR) is 281 cm³/mol. The third-order valence-electron chi connectivity index (χ3n) is 12.3. The van der Waals surface area contributed by atoms with E-state index in [1.165, 1.54) is 77.2 Å². The van der Waals surface area contributed by atoms with Crippen LogP contribution < -0.4 is 9.80 Å². The second kappa shape index (κ2) is 17.4. The van der Waals surface area contributed by atoms with Gasteiger partial charge >= 0.3 is 0 Å². The monoisotopic (exact) mass is 952 g/mol. The molecule has 0 atom stereocenters. The molecule has 0 aliphatic carbocycles. The summed E-state index contributed by atoms with van der Waals surface area (Å²) in [7, 11) is 0. The van der Waals surface area contributed by atoms with Crippen molar-refractivity contribution in [1.82, 2.24) is 0 Å². The zero-order valence-electron chi connectivity index (χ0n) is 36.3. The molecule has 0 saturated carbocycles. The molecule has 0 aliphatic rings. The average molecular weight is 955 g/mol. The van der Waals surface area contributed by atoms with Gasteiger partial charge in [0, 0.05) is 43.1 Å². The van der Waals surface area contributed by atoms with E-state index in [1.807, 2.05) is 0 Å². The Morgan fingerprint density at radius 2 is 0.625 bits per heavy atom. The standard InChI is InChI=1S/C60H46Br2N2/c1-39-19-27-47(28-20-39)63(51-13-9-11-45(61)37-51)49-31-23-43(24-32-49)57-35-41(3)59(55-17-7-5-15-53(55)57)60-42(4)36-58(54-16-6-8-18-56(54)60)44-25-33-50(34-26-44)64(48-29-21-40(2)22-30-48)52-14-10-12-46(62)38-52/h5-38H,1-4H3. The number of hydrogen-bond donors (Lipinski definition) is 0. The third-order valence-corrected chi connectivity index (χ3v) is 13.3. The van der Waals surface area contributed by atoms with E-state index in [4.69, 9.17) is 0 Å². The molecule has 64 heavy (non-hydrogen) atoms. The van der Waals surface area contributed by atoms with Gasteiger partial charge in [-0.3, -0.25) is 0 Å². The van der Waals surface area contributed by atoms with Gasteiger partial charge < -0.3 is 9.80 Å². The van der Waals surface area contributed by atoms with E-state index >= 15 is 0 Å². The van der Waals surface area contributed by atoms with Crippen molar-refractivity contribution in [3.05, 3.63) is 237 Å². The highest BCUT2D eigenvalue weighted by atomic mass is 79.9. The Hall–Kier alpha value is -6.72. The van der Waals surface area contributed by atoms with Gasteiger partial charge in [0.25, 0.3) is 0 Å². The molecule has 0 radical (unpaired) electrons. The van der Waals surface area contributed by atoms with E-state index in [0.29, 0.717) is 0 Å². The predicted octanol–water partition coefficient (Wildman–Crippen LogP) is 18.7. The van der Waals surface area contributed by atoms with Crippen LogP contribution in [0.4, 0.5) is 34.1 Å². The fourth-order valence-electron chi connectivity index (χ4n) is 9.26. The number of anilines is 6. The van der Waals surface area contributed by atoms with E-state index in [1.54, 1.807) is 0 Å². The van der Waals surface area contributed by atoms with Crippen LogP contribution in [0.2, 0.25) is 0 Å². The first-order valence-corrected chi connectivity index (χ1v) is 23.3. The molecule has 0 saturated heterocycles. The number of hydrogen-bond acceptors (Lipinski definition) is 2. The van der Waals surface area contributed by atoms with Crippen LogP contribution in [-0.2, 0) is 0 Å². The second-order valence-corrected chi connectivity index (χ2v) is 18.5. The zero-order chi connectivity index (χ0) is 43.9. The van der Waals surface area contributed by atoms with Crippen molar-refractivity contribution in [3.8, 4) is 33.4 Å². The highest BCUT2D eigenvalue weighted by Gasteiger charge is 2.21. The van der Waals surface area contributed by atoms with Crippen LogP contribution in [0.25, 0.3) is 54.9 Å². The molecule has 0 aromatic heterocycles. The molecule has 0 bridgehead atoms. The number of fused-ring (bicyclic) bond motifs is 2. The van der Waals surface area contributed by atoms with Crippen molar-refractivity contribution in [2.75, 3.05) is 9.80 Å². The van der Waals surface area contributed by atoms with Crippen molar-refractivity contribution in [3.63, 3.8) is 0 Å². The molecule has 0 aliphatic heterocycles. The highest BCUT2D eigenvalue weighted by molar-refractivity contribution is 9.10. The molecule has 0 unspecified atom stereocenters. The molecule has 4 heteroatoms. The molecular weight excluding hydrogens is 908 g/mol. The van der Waals surface area contributed by atoms with Gasteiger partial charge in [-0.15, -0.1) is 0 Å². The molecule has 310 valence electrons. The first kappa shape index (κ1) is 41.3. The molecule has 2 nitrogen and oxygen atoms in total. The van der Waals surface area contributed by atoms with Crippen LogP contribution >= 0.6 is 31.9 Å². The fraction of sp³-hybridized carbons (Fsp3) is 0.0667. The lowest BCUT2D eigenvalue weighted by Crippen LogP contribution is -2.09. The maximum absolute atomic E-state index is 3.71. The van der Waals surface area contributed by atoms with Crippen molar-refractivity contribution >= 4 is 87.5 Å². The van der Waals surface area contributed by atoms with E-state index in [9.17, 15) is 0 Å². The average Bonchev–Trinajstić information content (AvgIpc) is 3.31. The molecule has 0 fully saturated rings. The molecular formula is C60H46Br2N2. The largest absolute Gasteiger partial charge is 0.310 e. The summed E-state index contributed by atoms with van der Waals surface area (Å²) >= 11 is 7.41. The van der Waals surface area contributed by atoms with Crippen LogP contribution in [0.3, 0.4) is 0 Å². The Balaban J connectivity index is 1.04. The molecule has 10 rings (SSSR count). The van der Waals surface area contributed by atoms with Crippen molar-refractivity contribution in [2.24, 2.45) is 0 Å². The Labute approximate surface area is 393 Å². The van der Waals surface area contributed by atoms with Gasteiger partial charge in [-0.1, -0.05) is 164 Å². The number of nitrogens with zero attached hydrogens (tertiary/aromatic N) is 2. The normalized spacial score (nSPS) is 11.3. The Kier molecular flexibility index (Phi) is 11.3. The SMILES string of the molecule is Cc1ccc(N(c2ccc(-c3cc(C)c(-c4c(C)cc(-c5ccc(N(c6ccc(C)cc6)c6cccc(Br)c6)cc5)c5ccccc45)c4ccccc34)cc2)c2cccc(Br)c2)cc1. The van der Waals surface area contributed by atoms with Crippen LogP contribution in [0.15, 0.2) is 215 Å². The summed E-state index contributed by atoms with van der Waals surface area (Å²) in [4.78, 5) is 4.63. The van der Waals surface area contributed by atoms with E-state index in [-0.39, 0.29) is 0 Å². The summed E-state index contributed by atoms with van der Waals surface area (Å²) in [5, 5.41) is 4.99. The third kappa shape index (κ3) is 7.93. The Bertz CT molecular complexity index is 3090. The fourth-order valence-corrected chi connectivity index (χ4v) is 10.0. The Morgan fingerprint density at radius 1 is 0.297 bits per heavy atom. The number of rotatable bonds is 9. The maximum Gasteiger partial charge on any atom is 0.0472 e. The lowest BCUT2D eigenvalue weighted by Gasteiger charge is -2.26. The van der Waals surface area contributed by atoms with Crippen molar-refractivity contribution < 1.29 is 0 Å². The summed E-state index contributed by atoms with van der Waals surface area (Å²) in [5.41, 5.74) is 19.0. The number of aryl methyl sites for hydroxylation is 4. The van der Waals surface area contributed by atoms with E-state index in [2.05, 4.69) is 276 Å².